The first kappa shape index (κ1) is 20.2. The number of nitrogens with zero attached hydrogens (tertiary/aromatic N) is 2. The number of H-pyrrole nitrogens is 1. The Kier molecular flexibility index (Phi) is 5.96. The molecule has 2 atom stereocenters. The molecule has 1 saturated heterocycles. The number of carbonyl (C=O) groups is 1. The molecule has 150 valence electrons. The van der Waals surface area contributed by atoms with Crippen molar-refractivity contribution in [1.82, 2.24) is 14.9 Å². The third kappa shape index (κ3) is 4.15. The minimum Gasteiger partial charge on any atom is -0.396 e. The molecule has 0 unspecified atom stereocenters. The normalized spacial score (nSPS) is 22.3. The van der Waals surface area contributed by atoms with Gasteiger partial charge in [0.2, 0.25) is 5.91 Å². The minimum absolute atomic E-state index is 0.0443. The molecule has 3 rings (SSSR count). The maximum atomic E-state index is 12.9. The van der Waals surface area contributed by atoms with Crippen LogP contribution in [0.5, 0.6) is 0 Å². The number of aromatic amines is 1. The molecule has 1 aromatic carbocycles. The van der Waals surface area contributed by atoms with Crippen LogP contribution in [0.15, 0.2) is 35.1 Å². The van der Waals surface area contributed by atoms with E-state index in [2.05, 4.69) is 9.97 Å². The average Bonchev–Trinajstić information content (AvgIpc) is 2.67. The molecule has 0 bridgehead atoms. The predicted octanol–water partition coefficient (Wildman–Crippen LogP) is 0.744. The molecule has 28 heavy (non-hydrogen) atoms. The van der Waals surface area contributed by atoms with Crippen molar-refractivity contribution in [1.29, 1.82) is 0 Å². The van der Waals surface area contributed by atoms with Crippen LogP contribution < -0.4 is 5.56 Å². The summed E-state index contributed by atoms with van der Waals surface area (Å²) in [6, 6.07) is 9.64. The van der Waals surface area contributed by atoms with Crippen LogP contribution in [0.25, 0.3) is 0 Å². The number of carbonyl (C=O) groups excluding carboxylic acids is 1. The van der Waals surface area contributed by atoms with Crippen LogP contribution in [0.2, 0.25) is 0 Å². The third-order valence-corrected chi connectivity index (χ3v) is 5.62. The second-order valence-corrected chi connectivity index (χ2v) is 7.69. The average molecular weight is 385 g/mol. The molecule has 3 N–H and O–H groups in total. The van der Waals surface area contributed by atoms with E-state index >= 15 is 0 Å². The fourth-order valence-corrected chi connectivity index (χ4v) is 3.97. The molecule has 0 aliphatic carbocycles. The maximum absolute atomic E-state index is 12.9. The first-order chi connectivity index (χ1) is 13.3. The Balaban J connectivity index is 1.79. The second-order valence-electron chi connectivity index (χ2n) is 7.69. The lowest BCUT2D eigenvalue weighted by Gasteiger charge is -2.45. The van der Waals surface area contributed by atoms with Crippen molar-refractivity contribution in [2.45, 2.75) is 39.2 Å². The van der Waals surface area contributed by atoms with Crippen molar-refractivity contribution < 1.29 is 15.0 Å². The number of amides is 1. The van der Waals surface area contributed by atoms with Crippen LogP contribution >= 0.6 is 0 Å². The molecule has 2 aromatic rings. The Morgan fingerprint density at radius 2 is 2.04 bits per heavy atom. The van der Waals surface area contributed by atoms with Crippen LogP contribution in [0.1, 0.15) is 29.1 Å². The van der Waals surface area contributed by atoms with Crippen LogP contribution in [0.3, 0.4) is 0 Å². The second kappa shape index (κ2) is 8.24. The van der Waals surface area contributed by atoms with Crippen molar-refractivity contribution in [2.75, 3.05) is 19.7 Å². The summed E-state index contributed by atoms with van der Waals surface area (Å²) in [4.78, 5) is 33.6. The van der Waals surface area contributed by atoms with Gasteiger partial charge in [0.15, 0.2) is 0 Å². The van der Waals surface area contributed by atoms with Gasteiger partial charge in [-0.15, -0.1) is 0 Å². The van der Waals surface area contributed by atoms with Crippen molar-refractivity contribution in [3.8, 4) is 0 Å². The quantitative estimate of drug-likeness (QED) is 0.704. The molecule has 1 amide bonds. The smallest absolute Gasteiger partial charge is 0.254 e. The lowest BCUT2D eigenvalue weighted by molar-refractivity contribution is -0.141. The van der Waals surface area contributed by atoms with Gasteiger partial charge in [-0.05, 0) is 32.3 Å². The standard InChI is InChI=1S/C21H27N3O4/c1-14-17(20(28)23-15(2)22-14)10-19(27)24-9-8-18(26)21(12-24,13-25)11-16-6-4-3-5-7-16/h3-7,18,25-26H,8-13H2,1-2H3,(H,22,23,28)/t18-,21+/m1/s1. The van der Waals surface area contributed by atoms with Gasteiger partial charge < -0.3 is 20.1 Å². The summed E-state index contributed by atoms with van der Waals surface area (Å²) in [5.74, 6) is 0.319. The molecule has 0 spiro atoms. The third-order valence-electron chi connectivity index (χ3n) is 5.62. The molecular weight excluding hydrogens is 358 g/mol. The Hall–Kier alpha value is -2.51. The van der Waals surface area contributed by atoms with Gasteiger partial charge in [-0.3, -0.25) is 9.59 Å². The molecule has 7 heteroatoms. The highest BCUT2D eigenvalue weighted by Gasteiger charge is 2.43. The Labute approximate surface area is 164 Å². The van der Waals surface area contributed by atoms with Gasteiger partial charge in [0.05, 0.1) is 19.1 Å². The van der Waals surface area contributed by atoms with E-state index in [-0.39, 0.29) is 31.0 Å². The number of benzene rings is 1. The maximum Gasteiger partial charge on any atom is 0.254 e. The SMILES string of the molecule is Cc1nc(C)c(CC(=O)N2CC[C@@H](O)[C@@](CO)(Cc3ccccc3)C2)c(=O)[nH]1. The lowest BCUT2D eigenvalue weighted by atomic mass is 9.73. The zero-order valence-electron chi connectivity index (χ0n) is 16.3. The highest BCUT2D eigenvalue weighted by atomic mass is 16.3. The monoisotopic (exact) mass is 385 g/mol. The Morgan fingerprint density at radius 3 is 2.68 bits per heavy atom. The first-order valence-corrected chi connectivity index (χ1v) is 9.51. The van der Waals surface area contributed by atoms with Crippen molar-refractivity contribution in [3.63, 3.8) is 0 Å². The highest BCUT2D eigenvalue weighted by Crippen LogP contribution is 2.34. The molecule has 2 heterocycles. The van der Waals surface area contributed by atoms with Crippen molar-refractivity contribution in [2.24, 2.45) is 5.41 Å². The van der Waals surface area contributed by atoms with E-state index in [0.29, 0.717) is 36.5 Å². The number of hydrogen-bond acceptors (Lipinski definition) is 5. The zero-order valence-corrected chi connectivity index (χ0v) is 16.3. The van der Waals surface area contributed by atoms with Gasteiger partial charge >= 0.3 is 0 Å². The van der Waals surface area contributed by atoms with Gasteiger partial charge in [-0.25, -0.2) is 4.98 Å². The van der Waals surface area contributed by atoms with Crippen molar-refractivity contribution in [3.05, 3.63) is 63.3 Å². The molecule has 0 radical (unpaired) electrons. The molecule has 7 nitrogen and oxygen atoms in total. The highest BCUT2D eigenvalue weighted by molar-refractivity contribution is 5.79. The molecule has 1 aliphatic heterocycles. The van der Waals surface area contributed by atoms with Gasteiger partial charge in [0, 0.05) is 29.8 Å². The van der Waals surface area contributed by atoms with Gasteiger partial charge in [-0.2, -0.15) is 0 Å². The molecule has 1 aromatic heterocycles. The van der Waals surface area contributed by atoms with Crippen LogP contribution in [0, 0.1) is 19.3 Å². The Morgan fingerprint density at radius 1 is 1.32 bits per heavy atom. The topological polar surface area (TPSA) is 107 Å². The number of aromatic nitrogens is 2. The summed E-state index contributed by atoms with van der Waals surface area (Å²) in [6.45, 7) is 3.84. The summed E-state index contributed by atoms with van der Waals surface area (Å²) >= 11 is 0. The summed E-state index contributed by atoms with van der Waals surface area (Å²) < 4.78 is 0. The summed E-state index contributed by atoms with van der Waals surface area (Å²) in [7, 11) is 0. The van der Waals surface area contributed by atoms with Gasteiger partial charge in [-0.1, -0.05) is 30.3 Å². The number of aliphatic hydroxyl groups is 2. The van der Waals surface area contributed by atoms with E-state index in [0.717, 1.165) is 5.56 Å². The van der Waals surface area contributed by atoms with Crippen molar-refractivity contribution >= 4 is 5.91 Å². The summed E-state index contributed by atoms with van der Waals surface area (Å²) in [5, 5.41) is 20.7. The molecule has 1 aliphatic rings. The molecular formula is C21H27N3O4. The minimum atomic E-state index is -0.817. The van der Waals surface area contributed by atoms with E-state index in [1.807, 2.05) is 30.3 Å². The predicted molar refractivity (Wildman–Crippen MR) is 105 cm³/mol. The fourth-order valence-electron chi connectivity index (χ4n) is 3.97. The van der Waals surface area contributed by atoms with Crippen LogP contribution in [0.4, 0.5) is 0 Å². The Bertz CT molecular complexity index is 896. The number of aryl methyl sites for hydroxylation is 2. The largest absolute Gasteiger partial charge is 0.396 e. The number of hydrogen-bond donors (Lipinski definition) is 3. The molecule has 1 fully saturated rings. The lowest BCUT2D eigenvalue weighted by Crippen LogP contribution is -2.56. The van der Waals surface area contributed by atoms with E-state index in [1.54, 1.807) is 18.7 Å². The number of rotatable bonds is 5. The number of piperidine rings is 1. The first-order valence-electron chi connectivity index (χ1n) is 9.51. The summed E-state index contributed by atoms with van der Waals surface area (Å²) in [5.41, 5.74) is 0.791. The van der Waals surface area contributed by atoms with Gasteiger partial charge in [0.1, 0.15) is 5.82 Å². The van der Waals surface area contributed by atoms with E-state index < -0.39 is 11.5 Å². The van der Waals surface area contributed by atoms with E-state index in [1.165, 1.54) is 0 Å². The summed E-state index contributed by atoms with van der Waals surface area (Å²) in [6.07, 6.45) is 0.117. The van der Waals surface area contributed by atoms with Gasteiger partial charge in [0.25, 0.3) is 5.56 Å². The number of aliphatic hydroxyl groups excluding tert-OH is 2. The van der Waals surface area contributed by atoms with Crippen LogP contribution in [-0.4, -0.2) is 56.8 Å². The number of likely N-dealkylation sites (tertiary alicyclic amines) is 1. The fraction of sp³-hybridized carbons (Fsp3) is 0.476. The van der Waals surface area contributed by atoms with E-state index in [4.69, 9.17) is 0 Å². The number of nitrogens with one attached hydrogen (secondary N) is 1. The van der Waals surface area contributed by atoms with E-state index in [9.17, 15) is 19.8 Å². The zero-order chi connectivity index (χ0) is 20.3. The van der Waals surface area contributed by atoms with Crippen LogP contribution in [-0.2, 0) is 17.6 Å². The molecule has 0 saturated carbocycles.